The summed E-state index contributed by atoms with van der Waals surface area (Å²) >= 11 is 2.13. The van der Waals surface area contributed by atoms with Gasteiger partial charge in [0.2, 0.25) is 100 Å². The molecule has 135 heavy (non-hydrogen) atoms. The molecule has 0 spiro atoms. The topological polar surface area (TPSA) is 644 Å². The number of carbonyl (C=O) groups excluding carboxylic acids is 17. The summed E-state index contributed by atoms with van der Waals surface area (Å²) in [6.45, 7) is 4.78. The fraction of sp³-hybridized carbons (Fsp3) is 0.511. The second kappa shape index (κ2) is 51.6. The molecule has 1 unspecified atom stereocenters. The van der Waals surface area contributed by atoms with Crippen LogP contribution in [-0.4, -0.2) is 311 Å². The van der Waals surface area contributed by atoms with E-state index < -0.39 is 248 Å². The largest absolute Gasteiger partial charge is 0.508 e. The van der Waals surface area contributed by atoms with Crippen LogP contribution in [0.25, 0.3) is 21.0 Å². The van der Waals surface area contributed by atoms with Crippen LogP contribution in [0.1, 0.15) is 140 Å². The van der Waals surface area contributed by atoms with Crippen molar-refractivity contribution >= 4 is 156 Å². The Bertz CT molecular complexity index is 5230. The van der Waals surface area contributed by atoms with Gasteiger partial charge in [0, 0.05) is 93.5 Å². The number of phenolic OH excluding ortho intramolecular Hbond substituents is 1. The van der Waals surface area contributed by atoms with Crippen molar-refractivity contribution in [3.05, 3.63) is 119 Å². The number of aliphatic carboxylic acids is 2. The normalized spacial score (nSPS) is 23.2. The number of thiophene rings is 1. The third-order valence-electron chi connectivity index (χ3n) is 23.3. The standard InChI is InChI=1S/C90H123N21O22S2/c1-9-11-21-68-84(127)102-61(34-49(3)4)81(124)106-67(79(122)96-42-73(93)114)46-134-47-75(116)99-64(35-51-25-27-55(112)28-26-51)86(129)107(6)50(5)78(121)104-66(39-72(92)113)89(132)111-33-17-23-69(111)85(128)103-63(38-54-41-94-48-97-54)83(126)101-60(29-30-76(117)118)88(131)110(44-77(119)120)43-74(115)98-62(36-52-40-95-58-20-15-13-18-56(52)58)82(125)100-59(31-32-91)80(123)105-65(37-53-45-135-71-24-16-14-19-57(53)71)87(130)109(8)70(22-12-10-2)90(133)108(68)7/h13-16,18-20,24-28,40-41,45,48-50,59-70,95,112H,9-12,17,21-23,29-39,42-44,46-47,91H2,1-8H3,(H2,92,113)(H2,93,114)(H,94,97)(H,96,122)(H,98,115)(H,99,116)(H,100,125)(H,101,126)(H,102,127)(H,103,128)(H,104,121)(H,105,123)(H,106,124)(H,117,118)(H,119,120)/t50-,59-,60-,61-,62-,63-,64-,65-,66-,67-,68?,69-,70-/m0/s1. The van der Waals surface area contributed by atoms with Crippen LogP contribution in [0, 0.1) is 5.92 Å². The molecule has 732 valence electrons. The van der Waals surface area contributed by atoms with Gasteiger partial charge in [0.25, 0.3) is 0 Å². The maximum Gasteiger partial charge on any atom is 0.323 e. The highest BCUT2D eigenvalue weighted by molar-refractivity contribution is 8.00. The maximum atomic E-state index is 15.8. The third kappa shape index (κ3) is 31.3. The predicted molar refractivity (Wildman–Crippen MR) is 496 cm³/mol. The fourth-order valence-electron chi connectivity index (χ4n) is 15.9. The van der Waals surface area contributed by atoms with E-state index in [1.807, 2.05) is 32.0 Å². The molecule has 21 N–H and O–H groups in total. The summed E-state index contributed by atoms with van der Waals surface area (Å²) in [5.41, 5.74) is 19.4. The molecule has 0 aliphatic carbocycles. The van der Waals surface area contributed by atoms with Crippen molar-refractivity contribution in [2.45, 2.75) is 222 Å². The molecule has 43 nitrogen and oxygen atoms in total. The molecule has 2 fully saturated rings. The first-order valence-electron chi connectivity index (χ1n) is 44.6. The Balaban J connectivity index is 1.21. The number of imidazole rings is 1. The number of phenols is 1. The number of nitrogens with one attached hydrogen (secondary N) is 12. The molecular formula is C90H123N21O22S2. The van der Waals surface area contributed by atoms with Crippen molar-refractivity contribution < 1.29 is 106 Å². The Morgan fingerprint density at radius 1 is 0.563 bits per heavy atom. The minimum Gasteiger partial charge on any atom is -0.508 e. The Kier molecular flexibility index (Phi) is 40.8. The molecule has 45 heteroatoms. The van der Waals surface area contributed by atoms with Gasteiger partial charge in [-0.05, 0) is 116 Å². The summed E-state index contributed by atoms with van der Waals surface area (Å²) in [4.78, 5) is 289. The summed E-state index contributed by atoms with van der Waals surface area (Å²) in [5, 5.41) is 59.7. The number of likely N-dealkylation sites (N-methyl/N-ethyl adjacent to an activating group) is 3. The Labute approximate surface area is 787 Å². The number of fused-ring (bicyclic) bond motifs is 3. The van der Waals surface area contributed by atoms with Crippen LogP contribution in [0.3, 0.4) is 0 Å². The van der Waals surface area contributed by atoms with Gasteiger partial charge in [-0.3, -0.25) is 91.1 Å². The number of amides is 17. The number of nitrogens with two attached hydrogens (primary N) is 3. The number of nitrogens with zero attached hydrogens (tertiary/aromatic N) is 6. The van der Waals surface area contributed by atoms with Gasteiger partial charge in [-0.1, -0.05) is 102 Å². The van der Waals surface area contributed by atoms with E-state index in [0.717, 1.165) is 26.3 Å². The molecule has 13 atom stereocenters. The first kappa shape index (κ1) is 107. The smallest absolute Gasteiger partial charge is 0.323 e. The zero-order valence-electron chi connectivity index (χ0n) is 76.6. The van der Waals surface area contributed by atoms with Crippen LogP contribution in [0.4, 0.5) is 0 Å². The van der Waals surface area contributed by atoms with Gasteiger partial charge in [-0.25, -0.2) is 4.98 Å². The number of benzene rings is 3. The Hall–Kier alpha value is -13.6. The van der Waals surface area contributed by atoms with Crippen LogP contribution in [-0.2, 0) is 117 Å². The average molecular weight is 1920 g/mol. The molecule has 0 saturated carbocycles. The van der Waals surface area contributed by atoms with E-state index in [0.29, 0.717) is 63.6 Å². The number of para-hydroxylation sites is 1. The quantitative estimate of drug-likeness (QED) is 0.0272. The van der Waals surface area contributed by atoms with E-state index in [-0.39, 0.29) is 88.2 Å². The van der Waals surface area contributed by atoms with Gasteiger partial charge >= 0.3 is 11.9 Å². The number of carboxylic acids is 2. The number of rotatable bonds is 28. The van der Waals surface area contributed by atoms with E-state index in [9.17, 15) is 77.6 Å². The lowest BCUT2D eigenvalue weighted by atomic mass is 9.99. The van der Waals surface area contributed by atoms with Crippen molar-refractivity contribution in [1.29, 1.82) is 0 Å². The fourth-order valence-corrected chi connectivity index (χ4v) is 17.7. The number of aromatic hydroxyl groups is 1. The highest BCUT2D eigenvalue weighted by Gasteiger charge is 2.44. The number of carbonyl (C=O) groups is 19. The Morgan fingerprint density at radius 2 is 1.15 bits per heavy atom. The van der Waals surface area contributed by atoms with E-state index in [4.69, 9.17) is 17.2 Å². The van der Waals surface area contributed by atoms with Gasteiger partial charge in [0.1, 0.15) is 97.4 Å². The first-order chi connectivity index (χ1) is 64.2. The Morgan fingerprint density at radius 3 is 1.79 bits per heavy atom. The third-order valence-corrected chi connectivity index (χ3v) is 25.3. The number of aromatic nitrogens is 3. The lowest BCUT2D eigenvalue weighted by Crippen LogP contribution is -2.61. The lowest BCUT2D eigenvalue weighted by Gasteiger charge is -2.36. The van der Waals surface area contributed by atoms with Crippen molar-refractivity contribution in [2.75, 3.05) is 65.4 Å². The number of aromatic amines is 2. The number of hydrogen-bond donors (Lipinski definition) is 18. The molecule has 8 rings (SSSR count). The SMILES string of the molecule is CCCCC1C(=O)N[C@@H](CC(C)C)C(=O)N[C@H](C(=O)NCC(N)=O)CSCC(=O)N[C@@H](Cc2ccc(O)cc2)C(=O)N(C)[C@@H](C)C(=O)N[C@@H](CC(N)=O)C(=O)N2CCC[C@H]2C(=O)N[C@@H](Cc2c[nH]cn2)C(=O)N[C@@H](CCC(=O)O)C(=O)N(CC(=O)O)CC(=O)N[C@@H](Cc2c[nH]c3ccccc23)C(=O)N[C@@H](CCN)C(=O)N[C@@H](Cc2csc3ccccc23)C(=O)N(C)[C@@H](CCCC)C(=O)N1C. The van der Waals surface area contributed by atoms with Crippen LogP contribution < -0.4 is 70.4 Å². The second-order valence-electron chi connectivity index (χ2n) is 34.0. The van der Waals surface area contributed by atoms with Gasteiger partial charge in [-0.15, -0.1) is 23.1 Å². The van der Waals surface area contributed by atoms with Gasteiger partial charge in [0.05, 0.1) is 30.7 Å². The van der Waals surface area contributed by atoms with E-state index in [2.05, 4.69) is 68.1 Å². The monoisotopic (exact) mass is 1910 g/mol. The minimum atomic E-state index is -2.01. The van der Waals surface area contributed by atoms with Crippen molar-refractivity contribution in [3.8, 4) is 5.75 Å². The molecule has 2 aliphatic rings. The van der Waals surface area contributed by atoms with Gasteiger partial charge in [-0.2, -0.15) is 0 Å². The summed E-state index contributed by atoms with van der Waals surface area (Å²) in [5.74, 6) is -21.7. The molecule has 2 saturated heterocycles. The maximum absolute atomic E-state index is 15.8. The van der Waals surface area contributed by atoms with E-state index >= 15 is 28.8 Å². The molecule has 17 amide bonds. The molecular weight excluding hydrogens is 1790 g/mol. The number of thioether (sulfide) groups is 1. The van der Waals surface area contributed by atoms with Gasteiger partial charge < -0.3 is 120 Å². The van der Waals surface area contributed by atoms with E-state index in [1.165, 1.54) is 86.0 Å². The molecule has 0 radical (unpaired) electrons. The van der Waals surface area contributed by atoms with Crippen LogP contribution in [0.2, 0.25) is 0 Å². The van der Waals surface area contributed by atoms with Crippen molar-refractivity contribution in [3.63, 3.8) is 0 Å². The molecule has 6 aromatic rings. The average Bonchev–Trinajstić information content (AvgIpc) is 1.78. The minimum absolute atomic E-state index is 0.0129. The van der Waals surface area contributed by atoms with Crippen LogP contribution in [0.5, 0.6) is 5.75 Å². The summed E-state index contributed by atoms with van der Waals surface area (Å²) < 4.78 is 0.813. The lowest BCUT2D eigenvalue weighted by molar-refractivity contribution is -0.149. The summed E-state index contributed by atoms with van der Waals surface area (Å²) in [6.07, 6.45) is 1.62. The summed E-state index contributed by atoms with van der Waals surface area (Å²) in [6, 6.07) is -1.13. The van der Waals surface area contributed by atoms with Crippen molar-refractivity contribution in [1.82, 2.24) is 92.6 Å². The molecule has 0 bridgehead atoms. The number of unbranched alkanes of at least 4 members (excludes halogenated alkanes) is 2. The number of hydrogen-bond acceptors (Lipinski definition) is 24. The molecule has 3 aromatic heterocycles. The number of carboxylic acid groups (broad SMARTS) is 2. The van der Waals surface area contributed by atoms with Crippen molar-refractivity contribution in [2.24, 2.45) is 23.1 Å². The summed E-state index contributed by atoms with van der Waals surface area (Å²) in [7, 11) is 3.93. The number of primary amides is 2. The second-order valence-corrected chi connectivity index (χ2v) is 35.9. The highest BCUT2D eigenvalue weighted by Crippen LogP contribution is 2.29. The van der Waals surface area contributed by atoms with Gasteiger partial charge in [0.15, 0.2) is 0 Å². The number of H-pyrrole nitrogens is 2. The van der Waals surface area contributed by atoms with Crippen LogP contribution >= 0.6 is 23.1 Å². The zero-order chi connectivity index (χ0) is 99.0. The molecule has 5 heterocycles. The first-order valence-corrected chi connectivity index (χ1v) is 46.7. The predicted octanol–water partition coefficient (Wildman–Crippen LogP) is -1.29. The molecule has 3 aromatic carbocycles. The zero-order valence-corrected chi connectivity index (χ0v) is 78.3. The highest BCUT2D eigenvalue weighted by atomic mass is 32.2. The van der Waals surface area contributed by atoms with E-state index in [1.54, 1.807) is 55.8 Å². The van der Waals surface area contributed by atoms with Crippen LogP contribution in [0.15, 0.2) is 96.9 Å². The molecule has 2 aliphatic heterocycles.